The van der Waals surface area contributed by atoms with Crippen molar-refractivity contribution in [2.45, 2.75) is 58.4 Å². The average Bonchev–Trinajstić information content (AvgIpc) is 2.29. The normalized spacial score (nSPS) is 13.4. The van der Waals surface area contributed by atoms with Crippen LogP contribution in [0.3, 0.4) is 0 Å². The molecular formula is C13H24N2O4. The Morgan fingerprint density at radius 3 is 2.16 bits per heavy atom. The van der Waals surface area contributed by atoms with E-state index in [-0.39, 0.29) is 24.7 Å². The number of nitrogens with one attached hydrogen (secondary N) is 2. The lowest BCUT2D eigenvalue weighted by Gasteiger charge is -2.25. The SMILES string of the molecule is CCCC(C)(NC(=O)CCCC(=O)NCC)C(=O)O. The molecule has 0 aliphatic heterocycles. The van der Waals surface area contributed by atoms with E-state index in [0.29, 0.717) is 25.8 Å². The van der Waals surface area contributed by atoms with E-state index in [1.54, 1.807) is 0 Å². The molecule has 6 heteroatoms. The molecule has 0 saturated heterocycles. The molecule has 0 radical (unpaired) electrons. The van der Waals surface area contributed by atoms with Crippen LogP contribution in [0.15, 0.2) is 0 Å². The van der Waals surface area contributed by atoms with Gasteiger partial charge in [0, 0.05) is 19.4 Å². The number of carbonyl (C=O) groups excluding carboxylic acids is 2. The van der Waals surface area contributed by atoms with Gasteiger partial charge in [-0.15, -0.1) is 0 Å². The maximum atomic E-state index is 11.7. The second kappa shape index (κ2) is 8.50. The van der Waals surface area contributed by atoms with Crippen LogP contribution in [0.4, 0.5) is 0 Å². The lowest BCUT2D eigenvalue weighted by atomic mass is 9.96. The van der Waals surface area contributed by atoms with Crippen molar-refractivity contribution < 1.29 is 19.5 Å². The van der Waals surface area contributed by atoms with E-state index in [1.165, 1.54) is 6.92 Å². The average molecular weight is 272 g/mol. The first-order chi connectivity index (χ1) is 8.85. The molecule has 0 aliphatic rings. The van der Waals surface area contributed by atoms with E-state index in [0.717, 1.165) is 0 Å². The van der Waals surface area contributed by atoms with Gasteiger partial charge >= 0.3 is 5.97 Å². The highest BCUT2D eigenvalue weighted by Crippen LogP contribution is 2.13. The zero-order chi connectivity index (χ0) is 14.9. The van der Waals surface area contributed by atoms with Crippen molar-refractivity contribution in [3.8, 4) is 0 Å². The van der Waals surface area contributed by atoms with Crippen LogP contribution in [-0.4, -0.2) is 35.0 Å². The standard InChI is InChI=1S/C13H24N2O4/c1-4-9-13(3,12(18)19)15-11(17)8-6-7-10(16)14-5-2/h4-9H2,1-3H3,(H,14,16)(H,15,17)(H,18,19). The van der Waals surface area contributed by atoms with E-state index in [2.05, 4.69) is 10.6 Å². The van der Waals surface area contributed by atoms with Crippen LogP contribution >= 0.6 is 0 Å². The number of hydrogen-bond donors (Lipinski definition) is 3. The minimum atomic E-state index is -1.22. The van der Waals surface area contributed by atoms with Gasteiger partial charge in [-0.05, 0) is 26.7 Å². The van der Waals surface area contributed by atoms with Crippen LogP contribution in [0.2, 0.25) is 0 Å². The molecule has 110 valence electrons. The molecule has 0 bridgehead atoms. The van der Waals surface area contributed by atoms with E-state index >= 15 is 0 Å². The van der Waals surface area contributed by atoms with Crippen molar-refractivity contribution in [2.75, 3.05) is 6.54 Å². The molecule has 0 aromatic carbocycles. The summed E-state index contributed by atoms with van der Waals surface area (Å²) >= 11 is 0. The minimum Gasteiger partial charge on any atom is -0.480 e. The summed E-state index contributed by atoms with van der Waals surface area (Å²) in [4.78, 5) is 34.0. The zero-order valence-corrected chi connectivity index (χ0v) is 11.9. The number of carboxylic acid groups (broad SMARTS) is 1. The molecule has 0 heterocycles. The van der Waals surface area contributed by atoms with Gasteiger partial charge < -0.3 is 15.7 Å². The quantitative estimate of drug-likeness (QED) is 0.584. The molecule has 1 atom stereocenters. The number of rotatable bonds is 9. The van der Waals surface area contributed by atoms with Gasteiger partial charge in [0.15, 0.2) is 0 Å². The Morgan fingerprint density at radius 2 is 1.68 bits per heavy atom. The fourth-order valence-electron chi connectivity index (χ4n) is 1.79. The summed E-state index contributed by atoms with van der Waals surface area (Å²) in [5.74, 6) is -1.46. The highest BCUT2D eigenvalue weighted by atomic mass is 16.4. The number of aliphatic carboxylic acids is 1. The second-order valence-electron chi connectivity index (χ2n) is 4.74. The molecule has 1 unspecified atom stereocenters. The van der Waals surface area contributed by atoms with E-state index in [1.807, 2.05) is 13.8 Å². The summed E-state index contributed by atoms with van der Waals surface area (Å²) in [6, 6.07) is 0. The predicted molar refractivity (Wildman–Crippen MR) is 71.6 cm³/mol. The summed E-state index contributed by atoms with van der Waals surface area (Å²) < 4.78 is 0. The fraction of sp³-hybridized carbons (Fsp3) is 0.769. The molecule has 2 amide bonds. The molecule has 3 N–H and O–H groups in total. The van der Waals surface area contributed by atoms with Crippen LogP contribution in [0.1, 0.15) is 52.9 Å². The van der Waals surface area contributed by atoms with Crippen molar-refractivity contribution in [3.05, 3.63) is 0 Å². The molecule has 0 spiro atoms. The molecule has 0 aromatic rings. The van der Waals surface area contributed by atoms with Crippen molar-refractivity contribution >= 4 is 17.8 Å². The van der Waals surface area contributed by atoms with Gasteiger partial charge in [-0.3, -0.25) is 9.59 Å². The predicted octanol–water partition coefficient (Wildman–Crippen LogP) is 1.05. The first-order valence-electron chi connectivity index (χ1n) is 6.66. The number of hydrogen-bond acceptors (Lipinski definition) is 3. The largest absolute Gasteiger partial charge is 0.480 e. The summed E-state index contributed by atoms with van der Waals surface area (Å²) in [6.45, 7) is 5.76. The van der Waals surface area contributed by atoms with Crippen LogP contribution in [0, 0.1) is 0 Å². The summed E-state index contributed by atoms with van der Waals surface area (Å²) in [5, 5.41) is 14.3. The summed E-state index contributed by atoms with van der Waals surface area (Å²) in [6.07, 6.45) is 1.90. The third kappa shape index (κ3) is 6.79. The minimum absolute atomic E-state index is 0.0927. The third-order valence-electron chi connectivity index (χ3n) is 2.82. The van der Waals surface area contributed by atoms with Crippen LogP contribution in [0.5, 0.6) is 0 Å². The maximum Gasteiger partial charge on any atom is 0.329 e. The fourth-order valence-corrected chi connectivity index (χ4v) is 1.79. The first-order valence-corrected chi connectivity index (χ1v) is 6.66. The van der Waals surface area contributed by atoms with Crippen molar-refractivity contribution in [1.29, 1.82) is 0 Å². The topological polar surface area (TPSA) is 95.5 Å². The third-order valence-corrected chi connectivity index (χ3v) is 2.82. The molecule has 0 fully saturated rings. The number of amides is 2. The molecule has 6 nitrogen and oxygen atoms in total. The molecule has 19 heavy (non-hydrogen) atoms. The number of carboxylic acids is 1. The van der Waals surface area contributed by atoms with Gasteiger partial charge in [-0.1, -0.05) is 13.3 Å². The highest BCUT2D eigenvalue weighted by Gasteiger charge is 2.33. The highest BCUT2D eigenvalue weighted by molar-refractivity contribution is 5.86. The van der Waals surface area contributed by atoms with Gasteiger partial charge in [0.25, 0.3) is 0 Å². The van der Waals surface area contributed by atoms with Crippen LogP contribution in [-0.2, 0) is 14.4 Å². The van der Waals surface area contributed by atoms with Crippen molar-refractivity contribution in [3.63, 3.8) is 0 Å². The molecule has 0 saturated carbocycles. The van der Waals surface area contributed by atoms with Crippen LogP contribution < -0.4 is 10.6 Å². The first kappa shape index (κ1) is 17.4. The zero-order valence-electron chi connectivity index (χ0n) is 11.9. The van der Waals surface area contributed by atoms with Gasteiger partial charge in [0.1, 0.15) is 5.54 Å². The Balaban J connectivity index is 4.14. The monoisotopic (exact) mass is 272 g/mol. The Hall–Kier alpha value is -1.59. The van der Waals surface area contributed by atoms with E-state index in [9.17, 15) is 14.4 Å². The number of carbonyl (C=O) groups is 3. The Labute approximate surface area is 113 Å². The Kier molecular flexibility index (Phi) is 7.79. The Morgan fingerprint density at radius 1 is 1.11 bits per heavy atom. The maximum absolute atomic E-state index is 11.7. The van der Waals surface area contributed by atoms with Crippen LogP contribution in [0.25, 0.3) is 0 Å². The lowest BCUT2D eigenvalue weighted by Crippen LogP contribution is -2.52. The molecule has 0 rings (SSSR count). The van der Waals surface area contributed by atoms with Gasteiger partial charge in [-0.25, -0.2) is 4.79 Å². The van der Waals surface area contributed by atoms with E-state index in [4.69, 9.17) is 5.11 Å². The van der Waals surface area contributed by atoms with Crippen molar-refractivity contribution in [2.24, 2.45) is 0 Å². The van der Waals surface area contributed by atoms with E-state index < -0.39 is 11.5 Å². The van der Waals surface area contributed by atoms with Gasteiger partial charge in [0.2, 0.25) is 11.8 Å². The molecular weight excluding hydrogens is 248 g/mol. The van der Waals surface area contributed by atoms with Crippen molar-refractivity contribution in [1.82, 2.24) is 10.6 Å². The molecule has 0 aromatic heterocycles. The molecule has 0 aliphatic carbocycles. The Bertz CT molecular complexity index is 331. The second-order valence-corrected chi connectivity index (χ2v) is 4.74. The summed E-state index contributed by atoms with van der Waals surface area (Å²) in [5.41, 5.74) is -1.22. The smallest absolute Gasteiger partial charge is 0.329 e. The van der Waals surface area contributed by atoms with Gasteiger partial charge in [0.05, 0.1) is 0 Å². The van der Waals surface area contributed by atoms with Gasteiger partial charge in [-0.2, -0.15) is 0 Å². The summed E-state index contributed by atoms with van der Waals surface area (Å²) in [7, 11) is 0. The lowest BCUT2D eigenvalue weighted by molar-refractivity contribution is -0.147.